The molecule has 0 unspecified atom stereocenters. The largest absolute Gasteiger partial charge is 0.389 e. The van der Waals surface area contributed by atoms with Gasteiger partial charge in [-0.25, -0.2) is 4.39 Å². The summed E-state index contributed by atoms with van der Waals surface area (Å²) >= 11 is 0. The van der Waals surface area contributed by atoms with E-state index >= 15 is 0 Å². The fourth-order valence-electron chi connectivity index (χ4n) is 2.91. The van der Waals surface area contributed by atoms with Crippen LogP contribution in [0.3, 0.4) is 0 Å². The normalized spacial score (nSPS) is 29.4. The fourth-order valence-corrected chi connectivity index (χ4v) is 2.91. The SMILES string of the molecule is OC1(CNC2CC(c3cccc(F)c3)C2)CCC1. The molecule has 2 aliphatic carbocycles. The maximum absolute atomic E-state index is 13.1. The molecule has 18 heavy (non-hydrogen) atoms. The molecule has 1 aromatic carbocycles. The summed E-state index contributed by atoms with van der Waals surface area (Å²) in [5.74, 6) is 0.335. The predicted molar refractivity (Wildman–Crippen MR) is 69.0 cm³/mol. The minimum absolute atomic E-state index is 0.146. The molecule has 2 aliphatic rings. The van der Waals surface area contributed by atoms with E-state index in [0.29, 0.717) is 18.5 Å². The molecule has 2 fully saturated rings. The summed E-state index contributed by atoms with van der Waals surface area (Å²) in [7, 11) is 0. The zero-order valence-electron chi connectivity index (χ0n) is 10.5. The van der Waals surface area contributed by atoms with Gasteiger partial charge >= 0.3 is 0 Å². The lowest BCUT2D eigenvalue weighted by molar-refractivity contribution is -0.0354. The van der Waals surface area contributed by atoms with E-state index in [1.807, 2.05) is 6.07 Å². The number of nitrogens with one attached hydrogen (secondary N) is 1. The van der Waals surface area contributed by atoms with Gasteiger partial charge in [-0.1, -0.05) is 12.1 Å². The van der Waals surface area contributed by atoms with Crippen LogP contribution in [0.4, 0.5) is 4.39 Å². The third kappa shape index (κ3) is 2.43. The van der Waals surface area contributed by atoms with Gasteiger partial charge in [-0.3, -0.25) is 0 Å². The Labute approximate surface area is 107 Å². The first kappa shape index (κ1) is 12.1. The van der Waals surface area contributed by atoms with Gasteiger partial charge in [0.1, 0.15) is 5.82 Å². The fraction of sp³-hybridized carbons (Fsp3) is 0.600. The van der Waals surface area contributed by atoms with Gasteiger partial charge < -0.3 is 10.4 Å². The monoisotopic (exact) mass is 249 g/mol. The summed E-state index contributed by atoms with van der Waals surface area (Å²) in [6.45, 7) is 0.716. The van der Waals surface area contributed by atoms with Crippen molar-refractivity contribution in [2.45, 2.75) is 49.7 Å². The topological polar surface area (TPSA) is 32.3 Å². The van der Waals surface area contributed by atoms with Crippen LogP contribution in [-0.4, -0.2) is 23.3 Å². The van der Waals surface area contributed by atoms with Crippen LogP contribution in [-0.2, 0) is 0 Å². The quantitative estimate of drug-likeness (QED) is 0.859. The molecule has 3 rings (SSSR count). The molecular formula is C15H20FNO. The van der Waals surface area contributed by atoms with Crippen molar-refractivity contribution in [3.8, 4) is 0 Å². The summed E-state index contributed by atoms with van der Waals surface area (Å²) in [5.41, 5.74) is 0.666. The van der Waals surface area contributed by atoms with Crippen LogP contribution in [0, 0.1) is 5.82 Å². The number of aliphatic hydroxyl groups is 1. The van der Waals surface area contributed by atoms with E-state index in [0.717, 1.165) is 37.7 Å². The summed E-state index contributed by atoms with van der Waals surface area (Å²) in [6, 6.07) is 7.40. The standard InChI is InChI=1S/C15H20FNO/c16-13-4-1-3-11(7-13)12-8-14(9-12)17-10-15(18)5-2-6-15/h1,3-4,7,12,14,17-18H,2,5-6,8-10H2. The smallest absolute Gasteiger partial charge is 0.123 e. The third-order valence-electron chi connectivity index (χ3n) is 4.46. The van der Waals surface area contributed by atoms with Crippen LogP contribution >= 0.6 is 0 Å². The van der Waals surface area contributed by atoms with Crippen LogP contribution in [0.1, 0.15) is 43.6 Å². The highest BCUT2D eigenvalue weighted by molar-refractivity contribution is 5.23. The van der Waals surface area contributed by atoms with Crippen molar-refractivity contribution >= 4 is 0 Å². The maximum Gasteiger partial charge on any atom is 0.123 e. The van der Waals surface area contributed by atoms with Crippen molar-refractivity contribution in [3.05, 3.63) is 35.6 Å². The first-order chi connectivity index (χ1) is 8.65. The van der Waals surface area contributed by atoms with Crippen LogP contribution in [0.15, 0.2) is 24.3 Å². The minimum Gasteiger partial charge on any atom is -0.389 e. The van der Waals surface area contributed by atoms with Crippen molar-refractivity contribution in [2.75, 3.05) is 6.54 Å². The molecule has 3 heteroatoms. The Morgan fingerprint density at radius 1 is 1.33 bits per heavy atom. The molecule has 2 N–H and O–H groups in total. The molecule has 0 spiro atoms. The number of hydrogen-bond acceptors (Lipinski definition) is 2. The molecule has 0 amide bonds. The Hall–Kier alpha value is -0.930. The molecule has 0 aromatic heterocycles. The van der Waals surface area contributed by atoms with Gasteiger partial charge in [0.05, 0.1) is 5.60 Å². The predicted octanol–water partition coefficient (Wildman–Crippen LogP) is 2.58. The van der Waals surface area contributed by atoms with Gasteiger partial charge in [0, 0.05) is 12.6 Å². The first-order valence-corrected chi connectivity index (χ1v) is 6.86. The van der Waals surface area contributed by atoms with Crippen molar-refractivity contribution < 1.29 is 9.50 Å². The zero-order chi connectivity index (χ0) is 12.6. The van der Waals surface area contributed by atoms with Gasteiger partial charge in [-0.05, 0) is 55.7 Å². The van der Waals surface area contributed by atoms with Crippen molar-refractivity contribution in [2.24, 2.45) is 0 Å². The minimum atomic E-state index is -0.441. The molecule has 0 saturated heterocycles. The molecule has 2 saturated carbocycles. The lowest BCUT2D eigenvalue weighted by Crippen LogP contribution is -2.51. The Kier molecular flexibility index (Phi) is 3.12. The molecular weight excluding hydrogens is 229 g/mol. The molecule has 98 valence electrons. The van der Waals surface area contributed by atoms with Crippen molar-refractivity contribution in [3.63, 3.8) is 0 Å². The van der Waals surface area contributed by atoms with Crippen LogP contribution in [0.25, 0.3) is 0 Å². The molecule has 0 aliphatic heterocycles. The van der Waals surface area contributed by atoms with E-state index in [4.69, 9.17) is 0 Å². The van der Waals surface area contributed by atoms with Gasteiger partial charge in [0.15, 0.2) is 0 Å². The highest BCUT2D eigenvalue weighted by Gasteiger charge is 2.37. The van der Waals surface area contributed by atoms with E-state index < -0.39 is 5.60 Å². The third-order valence-corrected chi connectivity index (χ3v) is 4.46. The first-order valence-electron chi connectivity index (χ1n) is 6.86. The number of benzene rings is 1. The van der Waals surface area contributed by atoms with E-state index in [-0.39, 0.29) is 5.82 Å². The van der Waals surface area contributed by atoms with E-state index in [1.54, 1.807) is 12.1 Å². The molecule has 0 radical (unpaired) electrons. The molecule has 0 heterocycles. The summed E-state index contributed by atoms with van der Waals surface area (Å²) in [6.07, 6.45) is 5.12. The summed E-state index contributed by atoms with van der Waals surface area (Å²) in [4.78, 5) is 0. The average Bonchev–Trinajstić information content (AvgIpc) is 2.24. The maximum atomic E-state index is 13.1. The lowest BCUT2D eigenvalue weighted by Gasteiger charge is -2.42. The Bertz CT molecular complexity index is 424. The molecule has 0 atom stereocenters. The van der Waals surface area contributed by atoms with Crippen molar-refractivity contribution in [1.29, 1.82) is 0 Å². The highest BCUT2D eigenvalue weighted by atomic mass is 19.1. The summed E-state index contributed by atoms with van der Waals surface area (Å²) in [5, 5.41) is 13.4. The van der Waals surface area contributed by atoms with Crippen LogP contribution in [0.2, 0.25) is 0 Å². The summed E-state index contributed by atoms with van der Waals surface area (Å²) < 4.78 is 13.1. The Morgan fingerprint density at radius 2 is 2.11 bits per heavy atom. The average molecular weight is 249 g/mol. The molecule has 2 nitrogen and oxygen atoms in total. The molecule has 0 bridgehead atoms. The zero-order valence-corrected chi connectivity index (χ0v) is 10.5. The second kappa shape index (κ2) is 4.63. The number of hydrogen-bond donors (Lipinski definition) is 2. The van der Waals surface area contributed by atoms with E-state index in [2.05, 4.69) is 5.32 Å². The Morgan fingerprint density at radius 3 is 2.72 bits per heavy atom. The highest BCUT2D eigenvalue weighted by Crippen LogP contribution is 2.38. The van der Waals surface area contributed by atoms with Gasteiger partial charge in [0.25, 0.3) is 0 Å². The number of halogens is 1. The van der Waals surface area contributed by atoms with E-state index in [9.17, 15) is 9.50 Å². The van der Waals surface area contributed by atoms with Gasteiger partial charge in [0.2, 0.25) is 0 Å². The number of rotatable bonds is 4. The second-order valence-corrected chi connectivity index (χ2v) is 5.88. The molecule has 1 aromatic rings. The Balaban J connectivity index is 1.45. The van der Waals surface area contributed by atoms with Crippen LogP contribution in [0.5, 0.6) is 0 Å². The van der Waals surface area contributed by atoms with Crippen molar-refractivity contribution in [1.82, 2.24) is 5.32 Å². The van der Waals surface area contributed by atoms with Gasteiger partial charge in [-0.15, -0.1) is 0 Å². The van der Waals surface area contributed by atoms with E-state index in [1.165, 1.54) is 6.07 Å². The van der Waals surface area contributed by atoms with Gasteiger partial charge in [-0.2, -0.15) is 0 Å². The van der Waals surface area contributed by atoms with Crippen LogP contribution < -0.4 is 5.32 Å². The second-order valence-electron chi connectivity index (χ2n) is 5.88. The lowest BCUT2D eigenvalue weighted by atomic mass is 9.74.